The molecule has 0 saturated carbocycles. The summed E-state index contributed by atoms with van der Waals surface area (Å²) in [6, 6.07) is 11.2. The fourth-order valence-corrected chi connectivity index (χ4v) is 8.97. The number of esters is 1. The van der Waals surface area contributed by atoms with Gasteiger partial charge >= 0.3 is 11.8 Å². The quantitative estimate of drug-likeness (QED) is 0.0354. The number of Topliss-reactive ketones (excluding diaryl/α,β-unsaturated/α-hetero) is 1. The molecule has 4 aromatic rings. The highest BCUT2D eigenvalue weighted by Gasteiger charge is 2.50. The molecule has 1 fully saturated rings. The second-order valence-electron chi connectivity index (χ2n) is 19.0. The predicted molar refractivity (Wildman–Crippen MR) is 280 cm³/mol. The first-order valence-corrected chi connectivity index (χ1v) is 24.3. The second-order valence-corrected chi connectivity index (χ2v) is 19.0. The zero-order valence-corrected chi connectivity index (χ0v) is 43.4. The summed E-state index contributed by atoms with van der Waals surface area (Å²) < 4.78 is 23.6. The van der Waals surface area contributed by atoms with Gasteiger partial charge in [0.15, 0.2) is 5.75 Å². The monoisotopic (exact) mass is 1020 g/mol. The van der Waals surface area contributed by atoms with E-state index in [-0.39, 0.29) is 44.5 Å². The Bertz CT molecular complexity index is 2800. The van der Waals surface area contributed by atoms with Gasteiger partial charge in [0, 0.05) is 99.7 Å². The standard InChI is InChI=1S/C43H58N4O12.C11H10N4/c1-21-12-11-13-22(2)42(55)45-33-28(20-44-47-17-15-46(9)16-18-47)37(52)30-31(38(33)53)36(51)26(6)40-32(30)41(54)43(8,59-40)57-19-14-29(56-10)23(3)39(58-27(7)48)25(5)35(50)24(4)34(21)49;1-3-7-12-10(5-1)9-14-15-11-6-2-4-8-13-11/h11-14,19-21,23-25,29,34-35,39,49-53H,15-18H2,1-10H3,(H,45,55);1-9H,(H,13,15)/b12-11+,19-14+,22-13-,44-20-;14-9+/t21-,23-,24-,25-,29+,34+,35+,39-,43+;/m1./s1. The van der Waals surface area contributed by atoms with Crippen molar-refractivity contribution in [2.24, 2.45) is 33.9 Å². The minimum Gasteiger partial charge on any atom is -0.507 e. The first-order valence-electron chi connectivity index (χ1n) is 24.3. The third-order valence-electron chi connectivity index (χ3n) is 13.6. The molecule has 7 N–H and O–H groups in total. The molecule has 2 aromatic heterocycles. The number of methoxy groups -OCH3 is 1. The third kappa shape index (κ3) is 12.7. The fourth-order valence-electron chi connectivity index (χ4n) is 8.97. The number of nitrogens with one attached hydrogen (secondary N) is 2. The second kappa shape index (κ2) is 24.6. The van der Waals surface area contributed by atoms with E-state index in [2.05, 4.69) is 35.8 Å². The Labute approximate surface area is 430 Å². The lowest BCUT2D eigenvalue weighted by molar-refractivity contribution is -0.160. The largest absolute Gasteiger partial charge is 0.507 e. The molecule has 9 atom stereocenters. The number of hydrogen-bond acceptors (Lipinski definition) is 19. The maximum absolute atomic E-state index is 14.4. The molecule has 4 aliphatic heterocycles. The zero-order valence-electron chi connectivity index (χ0n) is 43.4. The van der Waals surface area contributed by atoms with Crippen LogP contribution < -0.4 is 15.5 Å². The van der Waals surface area contributed by atoms with Crippen LogP contribution in [0, 0.1) is 30.6 Å². The van der Waals surface area contributed by atoms with E-state index in [1.807, 2.05) is 43.4 Å². The fraction of sp³-hybridized carbons (Fsp3) is 0.426. The Hall–Kier alpha value is -7.39. The number of anilines is 2. The molecule has 1 saturated heterocycles. The highest BCUT2D eigenvalue weighted by atomic mass is 16.7. The van der Waals surface area contributed by atoms with Crippen LogP contribution in [0.4, 0.5) is 11.5 Å². The van der Waals surface area contributed by atoms with Crippen molar-refractivity contribution in [3.63, 3.8) is 0 Å². The predicted octanol–water partition coefficient (Wildman–Crippen LogP) is 6.26. The zero-order chi connectivity index (χ0) is 54.0. The summed E-state index contributed by atoms with van der Waals surface area (Å²) in [6.07, 6.45) is 9.94. The van der Waals surface area contributed by atoms with Gasteiger partial charge in [-0.3, -0.25) is 29.8 Å². The van der Waals surface area contributed by atoms with Crippen LogP contribution in [0.2, 0.25) is 0 Å². The summed E-state index contributed by atoms with van der Waals surface area (Å²) in [5.41, 5.74) is 3.27. The Morgan fingerprint density at radius 2 is 1.58 bits per heavy atom. The van der Waals surface area contributed by atoms with Crippen LogP contribution in [0.5, 0.6) is 23.0 Å². The molecule has 396 valence electrons. The Morgan fingerprint density at radius 3 is 2.22 bits per heavy atom. The number of aromatic hydroxyl groups is 3. The summed E-state index contributed by atoms with van der Waals surface area (Å²) in [6.45, 7) is 15.1. The minimum atomic E-state index is -2.04. The van der Waals surface area contributed by atoms with Crippen LogP contribution in [-0.4, -0.2) is 146 Å². The number of hydrogen-bond donors (Lipinski definition) is 7. The smallest absolute Gasteiger partial charge is 0.312 e. The van der Waals surface area contributed by atoms with Gasteiger partial charge in [-0.15, -0.1) is 0 Å². The number of piperazine rings is 1. The molecule has 0 spiro atoms. The van der Waals surface area contributed by atoms with Gasteiger partial charge in [-0.25, -0.2) is 4.98 Å². The molecule has 74 heavy (non-hydrogen) atoms. The van der Waals surface area contributed by atoms with Crippen LogP contribution in [0.15, 0.2) is 95.1 Å². The SMILES string of the molecule is C(=N\Nc1ccccn1)/c1ccccn1.CO[C@H]1/C=C/O[C@@]2(C)Oc3c(C)c(O)c4c(O)c(c(/C=N\N5CCN(C)CC5)c(O)c4c3C2=O)NC(=O)/C(C)=C\C=C\[C@@H](C)[C@H](O)[C@@H](C)[C@H](O)[C@@H](C)[C@H](OC(C)=O)[C@@H]1C. The van der Waals surface area contributed by atoms with Crippen LogP contribution >= 0.6 is 0 Å². The van der Waals surface area contributed by atoms with Gasteiger partial charge in [-0.1, -0.05) is 58.1 Å². The van der Waals surface area contributed by atoms with E-state index in [0.29, 0.717) is 18.9 Å². The summed E-state index contributed by atoms with van der Waals surface area (Å²) in [4.78, 5) is 50.8. The molecule has 1 amide bonds. The minimum absolute atomic E-state index is 0.0559. The summed E-state index contributed by atoms with van der Waals surface area (Å²) in [5, 5.41) is 70.9. The number of amides is 1. The first-order chi connectivity index (χ1) is 35.2. The van der Waals surface area contributed by atoms with Crippen molar-refractivity contribution in [1.29, 1.82) is 0 Å². The summed E-state index contributed by atoms with van der Waals surface area (Å²) in [5.74, 6) is -7.63. The number of phenols is 3. The first kappa shape index (κ1) is 55.9. The van der Waals surface area contributed by atoms with Gasteiger partial charge in [-0.2, -0.15) is 10.2 Å². The maximum Gasteiger partial charge on any atom is 0.312 e. The molecule has 8 rings (SSSR count). The number of aliphatic hydroxyl groups is 2. The van der Waals surface area contributed by atoms with Gasteiger partial charge in [0.05, 0.1) is 64.9 Å². The normalized spacial score (nSPS) is 27.7. The number of nitrogens with zero attached hydrogens (tertiary/aromatic N) is 6. The molecule has 2 aromatic carbocycles. The van der Waals surface area contributed by atoms with Gasteiger partial charge in [0.2, 0.25) is 0 Å². The molecule has 4 aliphatic rings. The van der Waals surface area contributed by atoms with Gasteiger partial charge < -0.3 is 54.7 Å². The topological polar surface area (TPSA) is 270 Å². The molecular formula is C54H68N8O12. The number of pyridine rings is 2. The lowest BCUT2D eigenvalue weighted by Gasteiger charge is -2.38. The maximum atomic E-state index is 14.4. The number of ketones is 1. The highest BCUT2D eigenvalue weighted by molar-refractivity contribution is 6.23. The van der Waals surface area contributed by atoms with Gasteiger partial charge in [0.1, 0.15) is 29.2 Å². The number of allylic oxidation sites excluding steroid dienone is 2. The van der Waals surface area contributed by atoms with E-state index < -0.39 is 88.8 Å². The Kier molecular flexibility index (Phi) is 18.6. The lowest BCUT2D eigenvalue weighted by Crippen LogP contribution is -2.46. The van der Waals surface area contributed by atoms with E-state index in [0.717, 1.165) is 18.8 Å². The van der Waals surface area contributed by atoms with E-state index in [9.17, 15) is 39.9 Å². The van der Waals surface area contributed by atoms with Crippen molar-refractivity contribution in [3.8, 4) is 23.0 Å². The van der Waals surface area contributed by atoms with Crippen LogP contribution in [0.1, 0.15) is 75.6 Å². The number of likely N-dealkylation sites (N-methyl/N-ethyl adjacent to an activating group) is 1. The molecule has 20 heteroatoms. The number of fused-ring (bicyclic) bond motifs is 14. The van der Waals surface area contributed by atoms with Crippen molar-refractivity contribution in [3.05, 3.63) is 107 Å². The summed E-state index contributed by atoms with van der Waals surface area (Å²) in [7, 11) is 3.42. The van der Waals surface area contributed by atoms with E-state index >= 15 is 0 Å². The average Bonchev–Trinajstić information content (AvgIpc) is 3.65. The van der Waals surface area contributed by atoms with E-state index in [4.69, 9.17) is 18.9 Å². The molecular weight excluding hydrogens is 953 g/mol. The molecule has 6 heterocycles. The molecule has 5 bridgehead atoms. The summed E-state index contributed by atoms with van der Waals surface area (Å²) >= 11 is 0. The Morgan fingerprint density at radius 1 is 0.892 bits per heavy atom. The molecule has 0 aliphatic carbocycles. The highest BCUT2D eigenvalue weighted by Crippen LogP contribution is 2.55. The van der Waals surface area contributed by atoms with Gasteiger partial charge in [-0.05, 0) is 51.2 Å². The van der Waals surface area contributed by atoms with Crippen LogP contribution in [0.25, 0.3) is 10.8 Å². The number of phenolic OH excluding ortho intramolecular Hbond substituents is 3. The van der Waals surface area contributed by atoms with Crippen LogP contribution in [0.3, 0.4) is 0 Å². The third-order valence-corrected chi connectivity index (χ3v) is 13.6. The molecule has 20 nitrogen and oxygen atoms in total. The van der Waals surface area contributed by atoms with E-state index in [1.165, 1.54) is 59.4 Å². The van der Waals surface area contributed by atoms with Crippen molar-refractivity contribution < 1.29 is 58.9 Å². The number of carbonyl (C=O) groups is 3. The molecule has 0 radical (unpaired) electrons. The van der Waals surface area contributed by atoms with E-state index in [1.54, 1.807) is 63.5 Å². The molecule has 0 unspecified atom stereocenters. The number of carbonyl (C=O) groups excluding carboxylic acids is 3. The average molecular weight is 1020 g/mol. The lowest BCUT2D eigenvalue weighted by atomic mass is 9.78. The van der Waals surface area contributed by atoms with Crippen molar-refractivity contribution in [2.75, 3.05) is 51.1 Å². The number of aromatic nitrogens is 2. The number of hydrazone groups is 2. The Balaban J connectivity index is 0.000000505. The van der Waals surface area contributed by atoms with Gasteiger partial charge in [0.25, 0.3) is 11.7 Å². The number of benzene rings is 2. The van der Waals surface area contributed by atoms with Crippen LogP contribution in [-0.2, 0) is 23.8 Å². The number of ether oxygens (including phenoxy) is 4. The number of aliphatic hydroxyl groups excluding tert-OH is 2. The van der Waals surface area contributed by atoms with Crippen molar-refractivity contribution in [2.45, 2.75) is 85.6 Å². The van der Waals surface area contributed by atoms with Crippen molar-refractivity contribution in [1.82, 2.24) is 19.9 Å². The van der Waals surface area contributed by atoms with Crippen molar-refractivity contribution >= 4 is 52.4 Å². The number of rotatable bonds is 7.